The van der Waals surface area contributed by atoms with Gasteiger partial charge in [0, 0.05) is 30.5 Å². The van der Waals surface area contributed by atoms with E-state index in [9.17, 15) is 0 Å². The third kappa shape index (κ3) is 4.64. The van der Waals surface area contributed by atoms with Crippen molar-refractivity contribution in [3.05, 3.63) is 86.7 Å². The molecule has 1 aliphatic rings. The van der Waals surface area contributed by atoms with Gasteiger partial charge < -0.3 is 4.74 Å². The average molecular weight is 446 g/mol. The van der Waals surface area contributed by atoms with E-state index in [4.69, 9.17) is 9.84 Å². The van der Waals surface area contributed by atoms with Crippen molar-refractivity contribution in [2.75, 3.05) is 13.2 Å². The van der Waals surface area contributed by atoms with Gasteiger partial charge in [0.1, 0.15) is 0 Å². The zero-order valence-electron chi connectivity index (χ0n) is 21.2. The lowest BCUT2D eigenvalue weighted by molar-refractivity contribution is 0.0387. The van der Waals surface area contributed by atoms with Gasteiger partial charge in [0.15, 0.2) is 0 Å². The molecule has 1 aliphatic heterocycles. The highest BCUT2D eigenvalue weighted by Crippen LogP contribution is 2.41. The van der Waals surface area contributed by atoms with E-state index < -0.39 is 0 Å². The standard InChI is InChI=1S/C29H39N3O/c1-7-25-28(26(8-2)31-30-25)29(27-20(5)14-19(4)15-21(27)6)32-17-23-13-11-10-12-22(23)16-24(32)18-33-9-3/h10-15,24,29H,7-9,16-18H2,1-6H3,(H,30,31). The Bertz CT molecular complexity index is 1060. The molecule has 4 nitrogen and oxygen atoms in total. The van der Waals surface area contributed by atoms with Gasteiger partial charge in [-0.3, -0.25) is 10.00 Å². The van der Waals surface area contributed by atoms with E-state index >= 15 is 0 Å². The number of aryl methyl sites for hydroxylation is 5. The van der Waals surface area contributed by atoms with Gasteiger partial charge in [-0.15, -0.1) is 0 Å². The zero-order valence-corrected chi connectivity index (χ0v) is 21.2. The zero-order chi connectivity index (χ0) is 23.5. The van der Waals surface area contributed by atoms with E-state index in [-0.39, 0.29) is 6.04 Å². The molecule has 0 amide bonds. The Morgan fingerprint density at radius 2 is 1.70 bits per heavy atom. The van der Waals surface area contributed by atoms with Crippen LogP contribution in [0.2, 0.25) is 0 Å². The van der Waals surface area contributed by atoms with Crippen LogP contribution < -0.4 is 0 Å². The largest absolute Gasteiger partial charge is 0.380 e. The Morgan fingerprint density at radius 1 is 1.00 bits per heavy atom. The van der Waals surface area contributed by atoms with Crippen LogP contribution >= 0.6 is 0 Å². The molecule has 3 aromatic rings. The third-order valence-corrected chi connectivity index (χ3v) is 7.18. The van der Waals surface area contributed by atoms with Gasteiger partial charge >= 0.3 is 0 Å². The van der Waals surface area contributed by atoms with Gasteiger partial charge in [0.25, 0.3) is 0 Å². The highest BCUT2D eigenvalue weighted by atomic mass is 16.5. The molecule has 0 radical (unpaired) electrons. The second-order valence-corrected chi connectivity index (χ2v) is 9.44. The minimum absolute atomic E-state index is 0.146. The summed E-state index contributed by atoms with van der Waals surface area (Å²) in [4.78, 5) is 2.70. The minimum atomic E-state index is 0.146. The second-order valence-electron chi connectivity index (χ2n) is 9.44. The Kier molecular flexibility index (Phi) is 7.35. The summed E-state index contributed by atoms with van der Waals surface area (Å²) < 4.78 is 6.05. The molecular weight excluding hydrogens is 406 g/mol. The van der Waals surface area contributed by atoms with Crippen molar-refractivity contribution < 1.29 is 4.74 Å². The number of hydrogen-bond donors (Lipinski definition) is 1. The molecule has 2 unspecified atom stereocenters. The van der Waals surface area contributed by atoms with Crippen LogP contribution in [0.3, 0.4) is 0 Å². The van der Waals surface area contributed by atoms with Crippen LogP contribution in [0.5, 0.6) is 0 Å². The number of benzene rings is 2. The molecule has 176 valence electrons. The molecule has 0 spiro atoms. The fourth-order valence-corrected chi connectivity index (χ4v) is 5.71. The molecule has 4 rings (SSSR count). The van der Waals surface area contributed by atoms with Crippen molar-refractivity contribution in [2.45, 2.75) is 79.4 Å². The van der Waals surface area contributed by atoms with Gasteiger partial charge in [-0.25, -0.2) is 0 Å². The summed E-state index contributed by atoms with van der Waals surface area (Å²) in [5.74, 6) is 0. The van der Waals surface area contributed by atoms with Gasteiger partial charge in [-0.2, -0.15) is 5.10 Å². The smallest absolute Gasteiger partial charge is 0.0673 e. The van der Waals surface area contributed by atoms with Crippen LogP contribution in [0.25, 0.3) is 0 Å². The molecule has 0 fully saturated rings. The highest BCUT2D eigenvalue weighted by molar-refractivity contribution is 5.47. The van der Waals surface area contributed by atoms with Crippen molar-refractivity contribution in [3.8, 4) is 0 Å². The van der Waals surface area contributed by atoms with Crippen molar-refractivity contribution in [3.63, 3.8) is 0 Å². The van der Waals surface area contributed by atoms with Gasteiger partial charge in [-0.05, 0) is 74.8 Å². The first kappa shape index (κ1) is 23.7. The predicted octanol–water partition coefficient (Wildman–Crippen LogP) is 6.01. The molecule has 0 aliphatic carbocycles. The van der Waals surface area contributed by atoms with Gasteiger partial charge in [0.05, 0.1) is 18.3 Å². The number of aromatic nitrogens is 2. The number of ether oxygens (including phenoxy) is 1. The summed E-state index contributed by atoms with van der Waals surface area (Å²) >= 11 is 0. The van der Waals surface area contributed by atoms with Crippen molar-refractivity contribution in [1.82, 2.24) is 15.1 Å². The number of fused-ring (bicyclic) bond motifs is 1. The van der Waals surface area contributed by atoms with E-state index in [2.05, 4.69) is 87.9 Å². The minimum Gasteiger partial charge on any atom is -0.380 e. The molecule has 2 aromatic carbocycles. The molecular formula is C29H39N3O. The van der Waals surface area contributed by atoms with Gasteiger partial charge in [0.2, 0.25) is 0 Å². The molecule has 0 saturated carbocycles. The summed E-state index contributed by atoms with van der Waals surface area (Å²) in [7, 11) is 0. The van der Waals surface area contributed by atoms with Crippen LogP contribution in [0.15, 0.2) is 36.4 Å². The average Bonchev–Trinajstić information content (AvgIpc) is 3.22. The number of hydrogen-bond acceptors (Lipinski definition) is 3. The highest BCUT2D eigenvalue weighted by Gasteiger charge is 2.37. The Hall–Kier alpha value is -2.43. The molecule has 2 heterocycles. The van der Waals surface area contributed by atoms with Crippen LogP contribution in [0.4, 0.5) is 0 Å². The third-order valence-electron chi connectivity index (χ3n) is 7.18. The fraction of sp³-hybridized carbons (Fsp3) is 0.483. The molecule has 2 atom stereocenters. The maximum absolute atomic E-state index is 6.05. The first-order valence-electron chi connectivity index (χ1n) is 12.5. The van der Waals surface area contributed by atoms with E-state index in [1.54, 1.807) is 0 Å². The lowest BCUT2D eigenvalue weighted by atomic mass is 9.83. The van der Waals surface area contributed by atoms with Crippen LogP contribution in [-0.2, 0) is 30.5 Å². The summed E-state index contributed by atoms with van der Waals surface area (Å²) in [6.07, 6.45) is 2.88. The summed E-state index contributed by atoms with van der Waals surface area (Å²) in [5, 5.41) is 8.16. The van der Waals surface area contributed by atoms with E-state index in [0.29, 0.717) is 6.04 Å². The Balaban J connectivity index is 1.93. The summed E-state index contributed by atoms with van der Waals surface area (Å²) in [5.41, 5.74) is 12.2. The first-order valence-corrected chi connectivity index (χ1v) is 12.5. The molecule has 0 bridgehead atoms. The van der Waals surface area contributed by atoms with E-state index in [1.807, 2.05) is 0 Å². The quantitative estimate of drug-likeness (QED) is 0.461. The lowest BCUT2D eigenvalue weighted by Gasteiger charge is -2.43. The van der Waals surface area contributed by atoms with Crippen LogP contribution in [0.1, 0.15) is 77.1 Å². The van der Waals surface area contributed by atoms with E-state index in [1.165, 1.54) is 50.3 Å². The SMILES string of the molecule is CCOCC1Cc2ccccc2CN1C(c1c(C)cc(C)cc1C)c1c(CC)n[nH]c1CC. The first-order chi connectivity index (χ1) is 16.0. The maximum atomic E-state index is 6.05. The number of aromatic amines is 1. The number of nitrogens with zero attached hydrogens (tertiary/aromatic N) is 2. The second kappa shape index (κ2) is 10.2. The van der Waals surface area contributed by atoms with Crippen LogP contribution in [0, 0.1) is 20.8 Å². The molecule has 33 heavy (non-hydrogen) atoms. The monoisotopic (exact) mass is 445 g/mol. The number of nitrogens with one attached hydrogen (secondary N) is 1. The Labute approximate surface area is 199 Å². The van der Waals surface area contributed by atoms with Crippen molar-refractivity contribution in [1.29, 1.82) is 0 Å². The fourth-order valence-electron chi connectivity index (χ4n) is 5.71. The summed E-state index contributed by atoms with van der Waals surface area (Å²) in [6.45, 7) is 15.7. The maximum Gasteiger partial charge on any atom is 0.0673 e. The van der Waals surface area contributed by atoms with E-state index in [0.717, 1.165) is 39.0 Å². The predicted molar refractivity (Wildman–Crippen MR) is 136 cm³/mol. The van der Waals surface area contributed by atoms with Crippen molar-refractivity contribution in [2.24, 2.45) is 0 Å². The van der Waals surface area contributed by atoms with Crippen molar-refractivity contribution >= 4 is 0 Å². The number of H-pyrrole nitrogens is 1. The van der Waals surface area contributed by atoms with Crippen LogP contribution in [-0.4, -0.2) is 34.4 Å². The number of rotatable bonds is 8. The lowest BCUT2D eigenvalue weighted by Crippen LogP contribution is -2.46. The molecule has 1 aromatic heterocycles. The molecule has 1 N–H and O–H groups in total. The molecule has 0 saturated heterocycles. The normalized spacial score (nSPS) is 17.2. The topological polar surface area (TPSA) is 41.1 Å². The summed E-state index contributed by atoms with van der Waals surface area (Å²) in [6, 6.07) is 14.0. The molecule has 4 heteroatoms. The Morgan fingerprint density at radius 3 is 2.33 bits per heavy atom. The van der Waals surface area contributed by atoms with Gasteiger partial charge in [-0.1, -0.05) is 55.8 Å².